The number of rotatable bonds is 3. The van der Waals surface area contributed by atoms with E-state index in [2.05, 4.69) is 16.7 Å². The van der Waals surface area contributed by atoms with E-state index in [4.69, 9.17) is 4.52 Å². The van der Waals surface area contributed by atoms with Crippen molar-refractivity contribution >= 4 is 27.5 Å². The highest BCUT2D eigenvalue weighted by Crippen LogP contribution is 2.22. The van der Waals surface area contributed by atoms with Crippen molar-refractivity contribution in [3.63, 3.8) is 0 Å². The summed E-state index contributed by atoms with van der Waals surface area (Å²) in [6.45, 7) is 3.82. The Balaban J connectivity index is 2.24. The Bertz CT molecular complexity index is 926. The van der Waals surface area contributed by atoms with E-state index < -0.39 is 17.5 Å². The van der Waals surface area contributed by atoms with Gasteiger partial charge in [0.15, 0.2) is 10.6 Å². The highest BCUT2D eigenvalue weighted by molar-refractivity contribution is 7.16. The van der Waals surface area contributed by atoms with Crippen LogP contribution in [-0.2, 0) is 6.54 Å². The molecule has 0 fully saturated rings. The zero-order chi connectivity index (χ0) is 15.7. The molecule has 2 heterocycles. The van der Waals surface area contributed by atoms with Crippen molar-refractivity contribution in [1.82, 2.24) is 9.72 Å². The maximum absolute atomic E-state index is 14.0. The van der Waals surface area contributed by atoms with Gasteiger partial charge in [-0.15, -0.1) is 6.58 Å². The van der Waals surface area contributed by atoms with Crippen molar-refractivity contribution in [1.29, 1.82) is 0 Å². The van der Waals surface area contributed by atoms with Crippen LogP contribution in [0.2, 0.25) is 0 Å². The molecular weight excluding hydrogens is 312 g/mol. The molecule has 0 radical (unpaired) electrons. The van der Waals surface area contributed by atoms with Crippen molar-refractivity contribution < 1.29 is 18.1 Å². The molecule has 0 unspecified atom stereocenters. The van der Waals surface area contributed by atoms with Crippen molar-refractivity contribution in [3.8, 4) is 0 Å². The van der Waals surface area contributed by atoms with Gasteiger partial charge < -0.3 is 9.09 Å². The lowest BCUT2D eigenvalue weighted by Gasteiger charge is -2.01. The first-order chi connectivity index (χ1) is 10.6. The number of nitrogens with zero attached hydrogens (tertiary/aromatic N) is 3. The van der Waals surface area contributed by atoms with Crippen LogP contribution in [0.3, 0.4) is 0 Å². The van der Waals surface area contributed by atoms with E-state index in [1.807, 2.05) is 0 Å². The third-order valence-corrected chi connectivity index (χ3v) is 3.88. The van der Waals surface area contributed by atoms with Gasteiger partial charge in [0.05, 0.1) is 16.4 Å². The summed E-state index contributed by atoms with van der Waals surface area (Å²) in [4.78, 5) is 16.1. The summed E-state index contributed by atoms with van der Waals surface area (Å²) in [5.41, 5.74) is 0.176. The van der Waals surface area contributed by atoms with Gasteiger partial charge in [-0.2, -0.15) is 4.99 Å². The third-order valence-electron chi connectivity index (χ3n) is 2.85. The van der Waals surface area contributed by atoms with Gasteiger partial charge in [-0.25, -0.2) is 8.78 Å². The minimum Gasteiger partial charge on any atom is -0.351 e. The van der Waals surface area contributed by atoms with Crippen LogP contribution >= 0.6 is 11.3 Å². The Labute approximate surface area is 126 Å². The van der Waals surface area contributed by atoms with Crippen LogP contribution in [0.15, 0.2) is 46.6 Å². The lowest BCUT2D eigenvalue weighted by molar-refractivity contribution is 0.0962. The Morgan fingerprint density at radius 1 is 1.50 bits per heavy atom. The zero-order valence-corrected chi connectivity index (χ0v) is 11.9. The number of carbonyl (C=O) groups excluding carboxylic acids is 1. The molecule has 0 atom stereocenters. The summed E-state index contributed by atoms with van der Waals surface area (Å²) in [6, 6.07) is 3.36. The molecule has 0 aliphatic carbocycles. The van der Waals surface area contributed by atoms with E-state index in [0.717, 1.165) is 17.4 Å². The SMILES string of the molecule is C=CCn1c(=NC(=O)c2ccno2)sc2cc(F)cc(F)c21. The fourth-order valence-electron chi connectivity index (χ4n) is 1.98. The van der Waals surface area contributed by atoms with Crippen LogP contribution in [0.5, 0.6) is 0 Å². The van der Waals surface area contributed by atoms with Crippen LogP contribution in [-0.4, -0.2) is 15.6 Å². The normalized spacial score (nSPS) is 12.0. The first-order valence-electron chi connectivity index (χ1n) is 6.19. The van der Waals surface area contributed by atoms with Gasteiger partial charge in [-0.05, 0) is 6.07 Å². The quantitative estimate of drug-likeness (QED) is 0.697. The average Bonchev–Trinajstić information content (AvgIpc) is 3.08. The molecule has 0 aliphatic heterocycles. The lowest BCUT2D eigenvalue weighted by atomic mass is 10.3. The van der Waals surface area contributed by atoms with Crippen LogP contribution in [0, 0.1) is 11.6 Å². The number of allylic oxidation sites excluding steroid dienone is 1. The number of hydrogen-bond donors (Lipinski definition) is 0. The van der Waals surface area contributed by atoms with Gasteiger partial charge in [0.1, 0.15) is 5.82 Å². The summed E-state index contributed by atoms with van der Waals surface area (Å²) in [7, 11) is 0. The Hall–Kier alpha value is -2.61. The molecule has 0 saturated carbocycles. The van der Waals surface area contributed by atoms with E-state index in [1.165, 1.54) is 29.0 Å². The summed E-state index contributed by atoms with van der Waals surface area (Å²) in [6.07, 6.45) is 2.85. The molecule has 0 bridgehead atoms. The van der Waals surface area contributed by atoms with Crippen LogP contribution < -0.4 is 4.80 Å². The highest BCUT2D eigenvalue weighted by Gasteiger charge is 2.14. The number of hydrogen-bond acceptors (Lipinski definition) is 4. The maximum atomic E-state index is 14.0. The van der Waals surface area contributed by atoms with E-state index >= 15 is 0 Å². The number of aromatic nitrogens is 2. The molecule has 0 saturated heterocycles. The summed E-state index contributed by atoms with van der Waals surface area (Å²) < 4.78 is 33.9. The largest absolute Gasteiger partial charge is 0.351 e. The minimum absolute atomic E-state index is 0.0331. The van der Waals surface area contributed by atoms with Crippen molar-refractivity contribution in [2.24, 2.45) is 4.99 Å². The second-order valence-corrected chi connectivity index (χ2v) is 5.32. The Morgan fingerprint density at radius 2 is 2.32 bits per heavy atom. The number of halogens is 2. The fraction of sp³-hybridized carbons (Fsp3) is 0.0714. The van der Waals surface area contributed by atoms with Gasteiger partial charge in [0.2, 0.25) is 5.76 Å². The predicted molar refractivity (Wildman–Crippen MR) is 76.3 cm³/mol. The van der Waals surface area contributed by atoms with Crippen molar-refractivity contribution in [2.75, 3.05) is 0 Å². The van der Waals surface area contributed by atoms with Crippen molar-refractivity contribution in [2.45, 2.75) is 6.54 Å². The molecule has 112 valence electrons. The third kappa shape index (κ3) is 2.48. The van der Waals surface area contributed by atoms with Crippen LogP contribution in [0.1, 0.15) is 10.6 Å². The smallest absolute Gasteiger partial charge is 0.318 e. The number of carbonyl (C=O) groups is 1. The summed E-state index contributed by atoms with van der Waals surface area (Å²) in [5.74, 6) is -2.09. The Kier molecular flexibility index (Phi) is 3.68. The monoisotopic (exact) mass is 321 g/mol. The van der Waals surface area contributed by atoms with Gasteiger partial charge in [0.25, 0.3) is 0 Å². The van der Waals surface area contributed by atoms with E-state index in [1.54, 1.807) is 0 Å². The number of benzene rings is 1. The van der Waals surface area contributed by atoms with E-state index in [-0.39, 0.29) is 22.6 Å². The predicted octanol–water partition coefficient (Wildman–Crippen LogP) is 2.90. The summed E-state index contributed by atoms with van der Waals surface area (Å²) >= 11 is 1.00. The molecule has 0 N–H and O–H groups in total. The fourth-order valence-corrected chi connectivity index (χ4v) is 3.06. The van der Waals surface area contributed by atoms with Crippen LogP contribution in [0.25, 0.3) is 10.2 Å². The molecular formula is C14H9F2N3O2S. The van der Waals surface area contributed by atoms with Gasteiger partial charge in [-0.1, -0.05) is 22.6 Å². The molecule has 0 spiro atoms. The standard InChI is InChI=1S/C14H9F2N3O2S/c1-2-5-19-12-9(16)6-8(15)7-11(12)22-14(19)18-13(20)10-3-4-17-21-10/h2-4,6-7H,1,5H2. The lowest BCUT2D eigenvalue weighted by Crippen LogP contribution is -2.16. The molecule has 3 aromatic rings. The number of thiazole rings is 1. The molecule has 2 aromatic heterocycles. The molecule has 0 aliphatic rings. The van der Waals surface area contributed by atoms with Crippen molar-refractivity contribution in [3.05, 3.63) is 59.2 Å². The molecule has 22 heavy (non-hydrogen) atoms. The van der Waals surface area contributed by atoms with Gasteiger partial charge in [-0.3, -0.25) is 4.79 Å². The molecule has 3 rings (SSSR count). The van der Waals surface area contributed by atoms with E-state index in [9.17, 15) is 13.6 Å². The number of fused-ring (bicyclic) bond motifs is 1. The Morgan fingerprint density at radius 3 is 3.00 bits per heavy atom. The topological polar surface area (TPSA) is 60.4 Å². The molecule has 1 amide bonds. The molecule has 1 aromatic carbocycles. The number of amides is 1. The molecule has 5 nitrogen and oxygen atoms in total. The highest BCUT2D eigenvalue weighted by atomic mass is 32.1. The second-order valence-electron chi connectivity index (χ2n) is 4.31. The molecule has 8 heteroatoms. The average molecular weight is 321 g/mol. The van der Waals surface area contributed by atoms with Gasteiger partial charge >= 0.3 is 5.91 Å². The first kappa shape index (κ1) is 14.3. The van der Waals surface area contributed by atoms with Gasteiger partial charge in [0, 0.05) is 18.7 Å². The zero-order valence-electron chi connectivity index (χ0n) is 11.1. The van der Waals surface area contributed by atoms with E-state index in [0.29, 0.717) is 4.70 Å². The maximum Gasteiger partial charge on any atom is 0.318 e. The first-order valence-corrected chi connectivity index (χ1v) is 7.01. The van der Waals surface area contributed by atoms with Crippen LogP contribution in [0.4, 0.5) is 8.78 Å². The second kappa shape index (κ2) is 5.64. The summed E-state index contributed by atoms with van der Waals surface area (Å²) in [5, 5.41) is 3.43. The minimum atomic E-state index is -0.721.